The van der Waals surface area contributed by atoms with Gasteiger partial charge in [-0.2, -0.15) is 0 Å². The Morgan fingerprint density at radius 2 is 0.756 bits per heavy atom. The van der Waals surface area contributed by atoms with E-state index in [0.29, 0.717) is 44.5 Å². The van der Waals surface area contributed by atoms with Crippen LogP contribution in [0.25, 0.3) is 54.9 Å². The summed E-state index contributed by atoms with van der Waals surface area (Å²) in [6, 6.07) is 26.7. The zero-order valence-corrected chi connectivity index (χ0v) is 24.9. The van der Waals surface area contributed by atoms with Crippen LogP contribution in [0.2, 0.25) is 0 Å². The fourth-order valence-electron chi connectivity index (χ4n) is 5.92. The van der Waals surface area contributed by atoms with Crippen molar-refractivity contribution >= 4 is 21.5 Å². The number of phenolic OH excluding ortho intramolecular Hbond substituents is 4. The minimum Gasteiger partial charge on any atom is -0.507 e. The van der Waals surface area contributed by atoms with Gasteiger partial charge in [-0.3, -0.25) is 0 Å². The van der Waals surface area contributed by atoms with E-state index in [1.807, 2.05) is 113 Å². The topological polar surface area (TPSA) is 80.9 Å². The van der Waals surface area contributed by atoms with Gasteiger partial charge >= 0.3 is 0 Å². The third kappa shape index (κ3) is 4.63. The van der Waals surface area contributed by atoms with E-state index in [0.717, 1.165) is 32.7 Å². The third-order valence-electron chi connectivity index (χ3n) is 7.76. The van der Waals surface area contributed by atoms with Gasteiger partial charge in [0.25, 0.3) is 0 Å². The monoisotopic (exact) mass is 574 g/mol. The van der Waals surface area contributed by atoms with Crippen molar-refractivity contribution < 1.29 is 42.1 Å². The summed E-state index contributed by atoms with van der Waals surface area (Å²) in [7, 11) is 0. The molecule has 4 nitrogen and oxygen atoms in total. The van der Waals surface area contributed by atoms with Crippen molar-refractivity contribution in [2.24, 2.45) is 0 Å². The number of fused-ring (bicyclic) bond motifs is 2. The molecule has 0 unspecified atom stereocenters. The first-order chi connectivity index (χ1) is 19.2. The number of hydrogen-bond donors (Lipinski definition) is 4. The Morgan fingerprint density at radius 3 is 1.15 bits per heavy atom. The second-order valence-corrected chi connectivity index (χ2v) is 10.7. The molecule has 0 bridgehead atoms. The van der Waals surface area contributed by atoms with E-state index in [9.17, 15) is 20.4 Å². The summed E-state index contributed by atoms with van der Waals surface area (Å²) in [6.07, 6.45) is 0. The zero-order valence-electron chi connectivity index (χ0n) is 23.4. The molecule has 0 fully saturated rings. The fraction of sp³-hybridized carbons (Fsp3) is 0.111. The summed E-state index contributed by atoms with van der Waals surface area (Å²) in [5, 5.41) is 49.4. The normalized spacial score (nSPS) is 11.1. The van der Waals surface area contributed by atoms with Crippen LogP contribution >= 0.6 is 0 Å². The standard InChI is InChI=1S/C36H30O4.Ti/c1-19-13-21(3)33(37)27(15-19)29-17-23-9-5-7-11-25(23)31(35(29)39)32-26-12-8-6-10-24(26)18-30(36(32)40)28-16-20(2)14-22(4)34(28)38;/h5-18,37-40H,1-4H3;. The molecule has 202 valence electrons. The quantitative estimate of drug-likeness (QED) is 0.159. The number of aryl methyl sites for hydroxylation is 4. The van der Waals surface area contributed by atoms with Crippen LogP contribution in [0.1, 0.15) is 22.3 Å². The van der Waals surface area contributed by atoms with Gasteiger partial charge < -0.3 is 20.4 Å². The van der Waals surface area contributed by atoms with Gasteiger partial charge in [0.2, 0.25) is 0 Å². The summed E-state index contributed by atoms with van der Waals surface area (Å²) in [5.41, 5.74) is 6.26. The summed E-state index contributed by atoms with van der Waals surface area (Å²) in [5.74, 6) is 0.123. The van der Waals surface area contributed by atoms with Gasteiger partial charge in [0.15, 0.2) is 0 Å². The maximum Gasteiger partial charge on any atom is 0.132 e. The molecule has 0 heterocycles. The Kier molecular flexibility index (Phi) is 7.33. The van der Waals surface area contributed by atoms with E-state index < -0.39 is 0 Å². The van der Waals surface area contributed by atoms with Gasteiger partial charge in [-0.1, -0.05) is 60.7 Å². The van der Waals surface area contributed by atoms with Gasteiger partial charge in [0, 0.05) is 55.1 Å². The van der Waals surface area contributed by atoms with E-state index in [2.05, 4.69) is 0 Å². The summed E-state index contributed by atoms with van der Waals surface area (Å²) in [4.78, 5) is 0. The molecule has 0 aliphatic carbocycles. The number of hydrogen-bond acceptors (Lipinski definition) is 4. The van der Waals surface area contributed by atoms with Crippen molar-refractivity contribution in [2.75, 3.05) is 0 Å². The smallest absolute Gasteiger partial charge is 0.132 e. The number of aromatic hydroxyl groups is 4. The number of benzene rings is 6. The van der Waals surface area contributed by atoms with Crippen molar-refractivity contribution in [1.82, 2.24) is 0 Å². The van der Waals surface area contributed by atoms with E-state index in [4.69, 9.17) is 0 Å². The number of phenols is 4. The minimum atomic E-state index is -0.0405. The predicted octanol–water partition coefficient (Wildman–Crippen LogP) is 9.05. The fourth-order valence-corrected chi connectivity index (χ4v) is 5.92. The molecule has 41 heavy (non-hydrogen) atoms. The first kappa shape index (κ1) is 28.3. The molecule has 0 saturated heterocycles. The van der Waals surface area contributed by atoms with Crippen LogP contribution < -0.4 is 0 Å². The van der Waals surface area contributed by atoms with Crippen LogP contribution in [0.5, 0.6) is 23.0 Å². The second-order valence-electron chi connectivity index (χ2n) is 10.7. The molecule has 4 N–H and O–H groups in total. The van der Waals surface area contributed by atoms with Crippen LogP contribution in [0.3, 0.4) is 0 Å². The first-order valence-corrected chi connectivity index (χ1v) is 13.3. The maximum absolute atomic E-state index is 12.0. The molecular formula is C36H30O4Ti. The Hall–Kier alpha value is -4.25. The predicted molar refractivity (Wildman–Crippen MR) is 163 cm³/mol. The molecule has 5 heteroatoms. The van der Waals surface area contributed by atoms with Gasteiger partial charge in [-0.05, 0) is 95.8 Å². The largest absolute Gasteiger partial charge is 0.507 e. The SMILES string of the molecule is Cc1cc(C)c(O)c(-c2cc3ccccc3c(-c3c(O)c(-c4cc(C)cc(C)c4O)cc4ccccc34)c2O)c1.[Ti]. The van der Waals surface area contributed by atoms with Crippen LogP contribution in [-0.2, 0) is 21.7 Å². The van der Waals surface area contributed by atoms with Crippen molar-refractivity contribution in [3.63, 3.8) is 0 Å². The van der Waals surface area contributed by atoms with Crippen LogP contribution in [0.15, 0.2) is 84.9 Å². The average molecular weight is 574 g/mol. The zero-order chi connectivity index (χ0) is 28.3. The molecule has 6 aromatic rings. The maximum atomic E-state index is 12.0. The van der Waals surface area contributed by atoms with Gasteiger partial charge in [0.1, 0.15) is 23.0 Å². The van der Waals surface area contributed by atoms with Crippen LogP contribution in [0.4, 0.5) is 0 Å². The van der Waals surface area contributed by atoms with Gasteiger partial charge in [-0.25, -0.2) is 0 Å². The van der Waals surface area contributed by atoms with E-state index in [1.165, 1.54) is 0 Å². The van der Waals surface area contributed by atoms with Crippen molar-refractivity contribution in [3.05, 3.63) is 107 Å². The molecule has 0 aliphatic heterocycles. The molecule has 0 spiro atoms. The van der Waals surface area contributed by atoms with Crippen molar-refractivity contribution in [1.29, 1.82) is 0 Å². The average Bonchev–Trinajstić information content (AvgIpc) is 2.93. The van der Waals surface area contributed by atoms with Crippen LogP contribution in [-0.4, -0.2) is 20.4 Å². The Morgan fingerprint density at radius 1 is 0.415 bits per heavy atom. The second kappa shape index (κ2) is 10.6. The van der Waals surface area contributed by atoms with Crippen molar-refractivity contribution in [3.8, 4) is 56.4 Å². The molecule has 0 amide bonds. The summed E-state index contributed by atoms with van der Waals surface area (Å²) in [6.45, 7) is 7.58. The molecule has 6 rings (SSSR count). The Balaban J connectivity index is 0.00000337. The Labute approximate surface area is 254 Å². The van der Waals surface area contributed by atoms with Gasteiger partial charge in [0.05, 0.1) is 0 Å². The minimum absolute atomic E-state index is 0. The van der Waals surface area contributed by atoms with Crippen molar-refractivity contribution in [2.45, 2.75) is 27.7 Å². The van der Waals surface area contributed by atoms with E-state index in [1.54, 1.807) is 0 Å². The molecule has 0 atom stereocenters. The van der Waals surface area contributed by atoms with Gasteiger partial charge in [-0.15, -0.1) is 0 Å². The van der Waals surface area contributed by atoms with E-state index in [-0.39, 0.29) is 44.7 Å². The first-order valence-electron chi connectivity index (χ1n) is 13.3. The number of rotatable bonds is 3. The molecular weight excluding hydrogens is 544 g/mol. The molecule has 6 aromatic carbocycles. The van der Waals surface area contributed by atoms with E-state index >= 15 is 0 Å². The van der Waals surface area contributed by atoms with Crippen LogP contribution in [0, 0.1) is 27.7 Å². The molecule has 0 saturated carbocycles. The molecule has 0 aromatic heterocycles. The Bertz CT molecular complexity index is 1850. The molecule has 0 radical (unpaired) electrons. The third-order valence-corrected chi connectivity index (χ3v) is 7.76. The summed E-state index contributed by atoms with van der Waals surface area (Å²) < 4.78 is 0. The summed E-state index contributed by atoms with van der Waals surface area (Å²) >= 11 is 0. The molecule has 0 aliphatic rings.